The summed E-state index contributed by atoms with van der Waals surface area (Å²) in [4.78, 5) is 25.9. The van der Waals surface area contributed by atoms with Crippen molar-refractivity contribution in [1.29, 1.82) is 0 Å². The van der Waals surface area contributed by atoms with Crippen LogP contribution < -0.4 is 31.9 Å². The van der Waals surface area contributed by atoms with E-state index in [0.29, 0.717) is 22.8 Å². The fraction of sp³-hybridized carbons (Fsp3) is 0.185. The third kappa shape index (κ3) is 4.20. The molecular weight excluding hydrogens is 458 g/mol. The highest BCUT2D eigenvalue weighted by Crippen LogP contribution is 2.38. The van der Waals surface area contributed by atoms with Gasteiger partial charge in [-0.1, -0.05) is 54.6 Å². The molecule has 2 atom stereocenters. The molecule has 184 valence electrons. The van der Waals surface area contributed by atoms with E-state index in [9.17, 15) is 19.8 Å². The number of hydrogen-bond donors (Lipinski definition) is 3. The molecule has 5 rings (SSSR count). The molecule has 36 heavy (non-hydrogen) atoms. The summed E-state index contributed by atoms with van der Waals surface area (Å²) in [5.41, 5.74) is 6.48. The highest BCUT2D eigenvalue weighted by Gasteiger charge is 2.42. The Kier molecular flexibility index (Phi) is 6.43. The van der Waals surface area contributed by atoms with Gasteiger partial charge >= 0.3 is 0 Å². The van der Waals surface area contributed by atoms with Crippen molar-refractivity contribution < 1.29 is 15.0 Å². The first kappa shape index (κ1) is 23.6. The van der Waals surface area contributed by atoms with E-state index < -0.39 is 35.6 Å². The second kappa shape index (κ2) is 9.82. The van der Waals surface area contributed by atoms with Crippen LogP contribution in [0.3, 0.4) is 0 Å². The van der Waals surface area contributed by atoms with Gasteiger partial charge in [-0.3, -0.25) is 19.7 Å². The normalized spacial score (nSPS) is 21.0. The van der Waals surface area contributed by atoms with E-state index in [1.54, 1.807) is 54.2 Å². The average Bonchev–Trinajstić information content (AvgIpc) is 3.14. The first-order valence-corrected chi connectivity index (χ1v) is 11.6. The van der Waals surface area contributed by atoms with Crippen LogP contribution in [0.1, 0.15) is 21.8 Å². The van der Waals surface area contributed by atoms with E-state index in [-0.39, 0.29) is 5.56 Å². The summed E-state index contributed by atoms with van der Waals surface area (Å²) in [5.74, 6) is -1.16. The zero-order chi connectivity index (χ0) is 25.2. The van der Waals surface area contributed by atoms with Crippen molar-refractivity contribution in [3.63, 3.8) is 0 Å². The number of carbonyl (C=O) groups excluding carboxylic acids is 1. The molecule has 0 saturated heterocycles. The smallest absolute Gasteiger partial charge is 0.277 e. The van der Waals surface area contributed by atoms with Crippen LogP contribution in [0.4, 0.5) is 11.5 Å². The minimum Gasteiger partial charge on any atom is -0.850 e. The number of nitrogens with one attached hydrogen (secondary N) is 3. The van der Waals surface area contributed by atoms with E-state index in [4.69, 9.17) is 0 Å². The van der Waals surface area contributed by atoms with Gasteiger partial charge in [0.15, 0.2) is 0 Å². The van der Waals surface area contributed by atoms with Gasteiger partial charge in [-0.2, -0.15) is 0 Å². The molecule has 0 bridgehead atoms. The minimum absolute atomic E-state index is 0.137. The van der Waals surface area contributed by atoms with Crippen LogP contribution in [0.25, 0.3) is 5.69 Å². The lowest BCUT2D eigenvalue weighted by Gasteiger charge is -2.60. The zero-order valence-corrected chi connectivity index (χ0v) is 19.5. The van der Waals surface area contributed by atoms with Gasteiger partial charge in [0.1, 0.15) is 5.82 Å². The lowest BCUT2D eigenvalue weighted by atomic mass is 9.70. The predicted molar refractivity (Wildman–Crippen MR) is 132 cm³/mol. The van der Waals surface area contributed by atoms with Crippen LogP contribution in [0.5, 0.6) is 0 Å². The van der Waals surface area contributed by atoms with Gasteiger partial charge in [0.25, 0.3) is 11.5 Å². The van der Waals surface area contributed by atoms with E-state index in [2.05, 4.69) is 16.2 Å². The number of hydrogen-bond acceptors (Lipinski definition) is 6. The van der Waals surface area contributed by atoms with E-state index in [1.807, 2.05) is 48.5 Å². The average molecular weight is 484 g/mol. The lowest BCUT2D eigenvalue weighted by Crippen LogP contribution is -2.76. The van der Waals surface area contributed by atoms with Crippen LogP contribution in [-0.2, 0) is 7.05 Å². The molecule has 1 aliphatic carbocycles. The maximum atomic E-state index is 13.6. The molecule has 1 amide bonds. The first-order chi connectivity index (χ1) is 17.5. The van der Waals surface area contributed by atoms with Crippen LogP contribution in [0.2, 0.25) is 0 Å². The monoisotopic (exact) mass is 483 g/mol. The third-order valence-corrected chi connectivity index (χ3v) is 6.48. The molecule has 0 spiro atoms. The predicted octanol–water partition coefficient (Wildman–Crippen LogP) is 0.778. The molecule has 1 aromatic heterocycles. The summed E-state index contributed by atoms with van der Waals surface area (Å²) in [5, 5.41) is 29.7. The summed E-state index contributed by atoms with van der Waals surface area (Å²) >= 11 is 0. The Labute approximate surface area is 207 Å². The zero-order valence-electron chi connectivity index (χ0n) is 19.5. The standard InChI is InChI=1S/C27H25N5O4/c1-31-25(28-18-13-7-3-8-14-18)21(27(36)32(31)19-15-9-4-10-16-19)20-23(33)22(24(20)34)29-30-26(35)17-11-5-2-6-12-17/h2-16,20,22-24,28-29H,1H3,(H,30,35)/q-2. The van der Waals surface area contributed by atoms with Crippen LogP contribution >= 0.6 is 0 Å². The van der Waals surface area contributed by atoms with Crippen LogP contribution in [0.15, 0.2) is 95.8 Å². The number of hydrazine groups is 1. The van der Waals surface area contributed by atoms with Crippen molar-refractivity contribution in [3.8, 4) is 5.69 Å². The SMILES string of the molecule is Cn1c(Nc2ccccc2)c(C2C([O-])C(NNC(=O)c3ccccc3)C2[O-])c(=O)n1-c1ccccc1. The molecule has 0 aliphatic heterocycles. The molecule has 0 radical (unpaired) electrons. The first-order valence-electron chi connectivity index (χ1n) is 11.6. The van der Waals surface area contributed by atoms with E-state index >= 15 is 0 Å². The molecular formula is C27H25N5O4-2. The van der Waals surface area contributed by atoms with Gasteiger partial charge in [0, 0.05) is 24.3 Å². The molecule has 2 unspecified atom stereocenters. The molecule has 1 fully saturated rings. The topological polar surface area (TPSA) is 126 Å². The van der Waals surface area contributed by atoms with E-state index in [1.165, 1.54) is 4.68 Å². The van der Waals surface area contributed by atoms with Gasteiger partial charge in [0.2, 0.25) is 0 Å². The van der Waals surface area contributed by atoms with Crippen molar-refractivity contribution in [1.82, 2.24) is 20.2 Å². The Morgan fingerprint density at radius 3 is 2.00 bits per heavy atom. The number of aromatic nitrogens is 2. The van der Waals surface area contributed by atoms with Crippen LogP contribution in [0, 0.1) is 0 Å². The summed E-state index contributed by atoms with van der Waals surface area (Å²) < 4.78 is 3.06. The second-order valence-corrected chi connectivity index (χ2v) is 8.67. The number of amides is 1. The molecule has 4 aromatic rings. The lowest BCUT2D eigenvalue weighted by molar-refractivity contribution is -0.536. The summed E-state index contributed by atoms with van der Waals surface area (Å²) in [7, 11) is 1.71. The van der Waals surface area contributed by atoms with Crippen molar-refractivity contribution in [2.45, 2.75) is 24.2 Å². The largest absolute Gasteiger partial charge is 0.850 e. The molecule has 1 heterocycles. The molecule has 9 nitrogen and oxygen atoms in total. The number of nitrogens with zero attached hydrogens (tertiary/aromatic N) is 2. The fourth-order valence-electron chi connectivity index (χ4n) is 4.57. The number of anilines is 2. The summed E-state index contributed by atoms with van der Waals surface area (Å²) in [6.45, 7) is 0. The molecule has 9 heteroatoms. The molecule has 1 aliphatic rings. The third-order valence-electron chi connectivity index (χ3n) is 6.48. The Morgan fingerprint density at radius 1 is 0.833 bits per heavy atom. The Morgan fingerprint density at radius 2 is 1.39 bits per heavy atom. The summed E-state index contributed by atoms with van der Waals surface area (Å²) in [6.07, 6.45) is -2.86. The Hall–Kier alpha value is -4.18. The van der Waals surface area contributed by atoms with Gasteiger partial charge in [0.05, 0.1) is 11.3 Å². The fourth-order valence-corrected chi connectivity index (χ4v) is 4.57. The quantitative estimate of drug-likeness (QED) is 0.334. The number of benzene rings is 3. The molecule has 1 saturated carbocycles. The van der Waals surface area contributed by atoms with E-state index in [0.717, 1.165) is 0 Å². The van der Waals surface area contributed by atoms with Gasteiger partial charge in [-0.05, 0) is 42.3 Å². The Balaban J connectivity index is 1.45. The molecule has 3 N–H and O–H groups in total. The maximum absolute atomic E-state index is 13.6. The van der Waals surface area contributed by atoms with Gasteiger partial charge in [-0.15, -0.1) is 12.2 Å². The second-order valence-electron chi connectivity index (χ2n) is 8.67. The number of carbonyl (C=O) groups is 1. The number of para-hydroxylation sites is 2. The maximum Gasteiger partial charge on any atom is 0.277 e. The van der Waals surface area contributed by atoms with Crippen molar-refractivity contribution in [2.24, 2.45) is 7.05 Å². The van der Waals surface area contributed by atoms with Crippen LogP contribution in [-0.4, -0.2) is 33.5 Å². The highest BCUT2D eigenvalue weighted by atomic mass is 16.3. The van der Waals surface area contributed by atoms with Gasteiger partial charge in [-0.25, -0.2) is 10.1 Å². The van der Waals surface area contributed by atoms with Gasteiger partial charge < -0.3 is 15.5 Å². The van der Waals surface area contributed by atoms with Crippen molar-refractivity contribution in [2.75, 3.05) is 5.32 Å². The van der Waals surface area contributed by atoms with Crippen molar-refractivity contribution in [3.05, 3.63) is 112 Å². The number of rotatable bonds is 7. The minimum atomic E-state index is -1.43. The van der Waals surface area contributed by atoms with Crippen molar-refractivity contribution >= 4 is 17.4 Å². The Bertz CT molecular complexity index is 1390. The molecule has 3 aromatic carbocycles. The summed E-state index contributed by atoms with van der Waals surface area (Å²) in [6, 6.07) is 25.7. The highest BCUT2D eigenvalue weighted by molar-refractivity contribution is 5.93.